The molecule has 0 unspecified atom stereocenters. The second-order valence-corrected chi connectivity index (χ2v) is 7.17. The van der Waals surface area contributed by atoms with E-state index < -0.39 is 10.0 Å². The van der Waals surface area contributed by atoms with E-state index in [1.807, 2.05) is 12.1 Å². The lowest BCUT2D eigenvalue weighted by atomic mass is 10.3. The molecule has 3 aromatic rings. The molecule has 1 aromatic heterocycles. The molecule has 0 radical (unpaired) electrons. The van der Waals surface area contributed by atoms with Crippen molar-refractivity contribution < 1.29 is 13.2 Å². The van der Waals surface area contributed by atoms with Crippen LogP contribution in [0, 0.1) is 0 Å². The zero-order chi connectivity index (χ0) is 18.6. The molecule has 1 N–H and O–H groups in total. The van der Waals surface area contributed by atoms with Crippen LogP contribution in [0.2, 0.25) is 5.15 Å². The summed E-state index contributed by atoms with van der Waals surface area (Å²) in [6.07, 6.45) is 2.83. The first kappa shape index (κ1) is 18.0. The number of nitrogens with zero attached hydrogens (tertiary/aromatic N) is 3. The van der Waals surface area contributed by atoms with Crippen LogP contribution in [0.25, 0.3) is 5.69 Å². The molecule has 0 aliphatic heterocycles. The number of halogens is 1. The minimum atomic E-state index is -3.75. The molecule has 0 spiro atoms. The fraction of sp³-hybridized carbons (Fsp3) is 0.0588. The Labute approximate surface area is 156 Å². The number of aromatic nitrogens is 2. The summed E-state index contributed by atoms with van der Waals surface area (Å²) in [5, 5.41) is 4.01. The van der Waals surface area contributed by atoms with Crippen LogP contribution in [0.5, 0.6) is 5.75 Å². The lowest BCUT2D eigenvalue weighted by molar-refractivity contribution is 0.414. The van der Waals surface area contributed by atoms with Crippen molar-refractivity contribution in [2.75, 3.05) is 7.11 Å². The molecule has 0 amide bonds. The average molecular weight is 391 g/mol. The predicted molar refractivity (Wildman–Crippen MR) is 99.5 cm³/mol. The van der Waals surface area contributed by atoms with E-state index in [0.717, 1.165) is 5.69 Å². The maximum absolute atomic E-state index is 12.2. The normalized spacial score (nSPS) is 11.6. The van der Waals surface area contributed by atoms with Crippen LogP contribution in [-0.4, -0.2) is 31.3 Å². The average Bonchev–Trinajstić information content (AvgIpc) is 3.03. The summed E-state index contributed by atoms with van der Waals surface area (Å²) in [5.74, 6) is 0.714. The predicted octanol–water partition coefficient (Wildman–Crippen LogP) is 2.85. The van der Waals surface area contributed by atoms with Crippen LogP contribution >= 0.6 is 11.6 Å². The van der Waals surface area contributed by atoms with Gasteiger partial charge in [0.1, 0.15) is 17.8 Å². The number of hydrazone groups is 1. The lowest BCUT2D eigenvalue weighted by Crippen LogP contribution is -2.18. The third kappa shape index (κ3) is 3.87. The van der Waals surface area contributed by atoms with E-state index in [0.29, 0.717) is 11.4 Å². The van der Waals surface area contributed by atoms with Crippen LogP contribution in [-0.2, 0) is 10.0 Å². The maximum Gasteiger partial charge on any atom is 0.276 e. The Morgan fingerprint density at radius 3 is 2.50 bits per heavy atom. The fourth-order valence-corrected chi connectivity index (χ4v) is 3.21. The number of rotatable bonds is 6. The van der Waals surface area contributed by atoms with E-state index in [-0.39, 0.29) is 10.0 Å². The summed E-state index contributed by atoms with van der Waals surface area (Å²) in [6.45, 7) is 0. The number of hydrogen-bond donors (Lipinski definition) is 1. The molecular formula is C17H15ClN4O3S. The molecule has 0 aliphatic rings. The highest BCUT2D eigenvalue weighted by molar-refractivity contribution is 7.89. The van der Waals surface area contributed by atoms with Crippen molar-refractivity contribution in [2.24, 2.45) is 5.10 Å². The van der Waals surface area contributed by atoms with Gasteiger partial charge in [-0.25, -0.2) is 9.82 Å². The van der Waals surface area contributed by atoms with Crippen molar-refractivity contribution in [3.8, 4) is 11.4 Å². The second kappa shape index (κ2) is 7.59. The number of imidazole rings is 1. The van der Waals surface area contributed by atoms with E-state index in [2.05, 4.69) is 14.9 Å². The van der Waals surface area contributed by atoms with E-state index in [4.69, 9.17) is 16.3 Å². The Bertz CT molecular complexity index is 1020. The standard InChI is InChI=1S/C17H15ClN4O3S/c1-25-14-9-7-13(8-10-14)22-12-19-17(18)16(22)11-20-21-26(23,24)15-5-3-2-4-6-15/h2-12,21H,1H3. The van der Waals surface area contributed by atoms with Crippen molar-refractivity contribution in [3.63, 3.8) is 0 Å². The van der Waals surface area contributed by atoms with Gasteiger partial charge in [0.2, 0.25) is 0 Å². The van der Waals surface area contributed by atoms with Gasteiger partial charge in [0.25, 0.3) is 10.0 Å². The van der Waals surface area contributed by atoms with Gasteiger partial charge in [-0.15, -0.1) is 0 Å². The molecular weight excluding hydrogens is 376 g/mol. The van der Waals surface area contributed by atoms with Gasteiger partial charge in [-0.3, -0.25) is 4.57 Å². The van der Waals surface area contributed by atoms with Crippen molar-refractivity contribution in [3.05, 3.63) is 71.8 Å². The van der Waals surface area contributed by atoms with Crippen LogP contribution in [0.15, 0.2) is 70.9 Å². The Morgan fingerprint density at radius 2 is 1.85 bits per heavy atom. The monoisotopic (exact) mass is 390 g/mol. The smallest absolute Gasteiger partial charge is 0.276 e. The largest absolute Gasteiger partial charge is 0.497 e. The van der Waals surface area contributed by atoms with Gasteiger partial charge in [0, 0.05) is 5.69 Å². The maximum atomic E-state index is 12.2. The van der Waals surface area contributed by atoms with Crippen molar-refractivity contribution in [1.82, 2.24) is 14.4 Å². The minimum absolute atomic E-state index is 0.118. The quantitative estimate of drug-likeness (QED) is 0.518. The van der Waals surface area contributed by atoms with E-state index >= 15 is 0 Å². The molecule has 0 aliphatic carbocycles. The van der Waals surface area contributed by atoms with Gasteiger partial charge in [-0.2, -0.15) is 13.5 Å². The number of methoxy groups -OCH3 is 1. The van der Waals surface area contributed by atoms with Gasteiger partial charge in [0.15, 0.2) is 5.15 Å². The summed E-state index contributed by atoms with van der Waals surface area (Å²) in [4.78, 5) is 6.31. The Hall–Kier alpha value is -2.84. The van der Waals surface area contributed by atoms with E-state index in [9.17, 15) is 8.42 Å². The first-order chi connectivity index (χ1) is 12.5. The number of benzene rings is 2. The summed E-state index contributed by atoms with van der Waals surface area (Å²) >= 11 is 6.10. The number of nitrogens with one attached hydrogen (secondary N) is 1. The molecule has 134 valence electrons. The summed E-state index contributed by atoms with van der Waals surface area (Å²) in [5.41, 5.74) is 1.21. The highest BCUT2D eigenvalue weighted by atomic mass is 35.5. The first-order valence-electron chi connectivity index (χ1n) is 7.48. The van der Waals surface area contributed by atoms with Gasteiger partial charge >= 0.3 is 0 Å². The highest BCUT2D eigenvalue weighted by Crippen LogP contribution is 2.20. The van der Waals surface area contributed by atoms with Gasteiger partial charge in [-0.1, -0.05) is 29.8 Å². The van der Waals surface area contributed by atoms with Gasteiger partial charge in [0.05, 0.1) is 18.2 Å². The summed E-state index contributed by atoms with van der Waals surface area (Å²) in [6, 6.07) is 15.2. The van der Waals surface area contributed by atoms with Gasteiger partial charge in [-0.05, 0) is 36.4 Å². The third-order valence-electron chi connectivity index (χ3n) is 3.52. The molecule has 0 saturated heterocycles. The van der Waals surface area contributed by atoms with E-state index in [1.54, 1.807) is 42.0 Å². The SMILES string of the molecule is COc1ccc(-n2cnc(Cl)c2C=NNS(=O)(=O)c2ccccc2)cc1. The Balaban J connectivity index is 1.84. The Morgan fingerprint density at radius 1 is 1.15 bits per heavy atom. The Kier molecular flexibility index (Phi) is 5.24. The van der Waals surface area contributed by atoms with Crippen molar-refractivity contribution in [1.29, 1.82) is 0 Å². The highest BCUT2D eigenvalue weighted by Gasteiger charge is 2.13. The zero-order valence-corrected chi connectivity index (χ0v) is 15.3. The number of hydrogen-bond acceptors (Lipinski definition) is 5. The van der Waals surface area contributed by atoms with Crippen LogP contribution in [0.1, 0.15) is 5.69 Å². The molecule has 2 aromatic carbocycles. The van der Waals surface area contributed by atoms with E-state index in [1.165, 1.54) is 24.7 Å². The first-order valence-corrected chi connectivity index (χ1v) is 9.34. The molecule has 26 heavy (non-hydrogen) atoms. The molecule has 3 rings (SSSR count). The minimum Gasteiger partial charge on any atom is -0.497 e. The van der Waals surface area contributed by atoms with Crippen LogP contribution in [0.4, 0.5) is 0 Å². The molecule has 0 atom stereocenters. The summed E-state index contributed by atoms with van der Waals surface area (Å²) < 4.78 is 31.2. The van der Waals surface area contributed by atoms with Crippen molar-refractivity contribution >= 4 is 27.8 Å². The van der Waals surface area contributed by atoms with Crippen LogP contribution < -0.4 is 9.57 Å². The summed E-state index contributed by atoms with van der Waals surface area (Å²) in [7, 11) is -2.17. The fourth-order valence-electron chi connectivity index (χ4n) is 2.21. The van der Waals surface area contributed by atoms with Gasteiger partial charge < -0.3 is 4.74 Å². The number of sulfonamides is 1. The molecule has 1 heterocycles. The zero-order valence-electron chi connectivity index (χ0n) is 13.7. The third-order valence-corrected chi connectivity index (χ3v) is 5.05. The van der Waals surface area contributed by atoms with Crippen LogP contribution in [0.3, 0.4) is 0 Å². The molecule has 7 nitrogen and oxygen atoms in total. The second-order valence-electron chi connectivity index (χ2n) is 5.15. The lowest BCUT2D eigenvalue weighted by Gasteiger charge is -2.07. The topological polar surface area (TPSA) is 85.6 Å². The molecule has 0 saturated carbocycles. The molecule has 9 heteroatoms. The number of ether oxygens (including phenoxy) is 1. The molecule has 0 fully saturated rings. The van der Waals surface area contributed by atoms with Crippen molar-refractivity contribution in [2.45, 2.75) is 4.90 Å². The molecule has 0 bridgehead atoms.